The first-order valence-electron chi connectivity index (χ1n) is 5.06. The summed E-state index contributed by atoms with van der Waals surface area (Å²) in [4.78, 5) is 11.6. The minimum absolute atomic E-state index is 0.0643. The zero-order valence-electron chi connectivity index (χ0n) is 9.09. The van der Waals surface area contributed by atoms with E-state index >= 15 is 0 Å². The van der Waals surface area contributed by atoms with Crippen molar-refractivity contribution < 1.29 is 9.18 Å². The Morgan fingerprint density at radius 2 is 2.13 bits per heavy atom. The van der Waals surface area contributed by atoms with Gasteiger partial charge in [-0.05, 0) is 18.7 Å². The first kappa shape index (κ1) is 11.9. The molecule has 0 spiro atoms. The Morgan fingerprint density at radius 3 is 2.73 bits per heavy atom. The molecular formula is C12H16FNO. The number of nitrogens with one attached hydrogen (secondary N) is 1. The fourth-order valence-corrected chi connectivity index (χ4v) is 1.42. The molecule has 1 aromatic carbocycles. The van der Waals surface area contributed by atoms with Gasteiger partial charge in [0.05, 0.1) is 0 Å². The molecule has 1 unspecified atom stereocenters. The average molecular weight is 209 g/mol. The van der Waals surface area contributed by atoms with E-state index in [1.54, 1.807) is 25.2 Å². The third-order valence-electron chi connectivity index (χ3n) is 2.38. The van der Waals surface area contributed by atoms with Crippen molar-refractivity contribution in [2.24, 2.45) is 5.92 Å². The third kappa shape index (κ3) is 3.44. The van der Waals surface area contributed by atoms with Crippen molar-refractivity contribution in [2.75, 3.05) is 13.6 Å². The Morgan fingerprint density at radius 1 is 1.47 bits per heavy atom. The second-order valence-corrected chi connectivity index (χ2v) is 3.69. The summed E-state index contributed by atoms with van der Waals surface area (Å²) in [5.74, 6) is -0.313. The molecule has 82 valence electrons. The van der Waals surface area contributed by atoms with Crippen molar-refractivity contribution in [3.8, 4) is 0 Å². The molecule has 3 heteroatoms. The summed E-state index contributed by atoms with van der Waals surface area (Å²) < 4.78 is 13.2. The van der Waals surface area contributed by atoms with Crippen LogP contribution < -0.4 is 5.32 Å². The number of ketones is 1. The lowest BCUT2D eigenvalue weighted by Crippen LogP contribution is -2.25. The molecule has 0 fully saturated rings. The van der Waals surface area contributed by atoms with Crippen LogP contribution in [0.5, 0.6) is 0 Å². The molecule has 0 radical (unpaired) electrons. The third-order valence-corrected chi connectivity index (χ3v) is 2.38. The lowest BCUT2D eigenvalue weighted by Gasteiger charge is -2.09. The normalized spacial score (nSPS) is 12.5. The summed E-state index contributed by atoms with van der Waals surface area (Å²) in [5.41, 5.74) is 0.477. The van der Waals surface area contributed by atoms with E-state index in [2.05, 4.69) is 5.32 Å². The van der Waals surface area contributed by atoms with Crippen LogP contribution in [0.1, 0.15) is 12.5 Å². The lowest BCUT2D eigenvalue weighted by atomic mass is 9.99. The molecule has 0 saturated heterocycles. The summed E-state index contributed by atoms with van der Waals surface area (Å²) in [5, 5.41) is 2.93. The van der Waals surface area contributed by atoms with Crippen LogP contribution >= 0.6 is 0 Å². The van der Waals surface area contributed by atoms with Crippen molar-refractivity contribution in [2.45, 2.75) is 13.3 Å². The van der Waals surface area contributed by atoms with Gasteiger partial charge >= 0.3 is 0 Å². The van der Waals surface area contributed by atoms with E-state index in [0.29, 0.717) is 12.1 Å². The number of carbonyl (C=O) groups is 1. The molecule has 1 atom stereocenters. The highest BCUT2D eigenvalue weighted by Crippen LogP contribution is 2.10. The SMILES string of the molecule is CNCC(C)C(=O)Cc1ccccc1F. The second-order valence-electron chi connectivity index (χ2n) is 3.69. The summed E-state index contributed by atoms with van der Waals surface area (Å²) in [6, 6.07) is 6.40. The molecule has 0 aliphatic carbocycles. The van der Waals surface area contributed by atoms with Gasteiger partial charge in [-0.3, -0.25) is 4.79 Å². The number of rotatable bonds is 5. The molecule has 1 aromatic rings. The minimum atomic E-state index is -0.303. The lowest BCUT2D eigenvalue weighted by molar-refractivity contribution is -0.121. The van der Waals surface area contributed by atoms with E-state index in [4.69, 9.17) is 0 Å². The van der Waals surface area contributed by atoms with Gasteiger partial charge in [0.25, 0.3) is 0 Å². The number of carbonyl (C=O) groups excluding carboxylic acids is 1. The predicted molar refractivity (Wildman–Crippen MR) is 58.2 cm³/mol. The van der Waals surface area contributed by atoms with E-state index in [0.717, 1.165) is 0 Å². The molecule has 0 aliphatic heterocycles. The molecule has 2 nitrogen and oxygen atoms in total. The van der Waals surface area contributed by atoms with Crippen molar-refractivity contribution in [3.63, 3.8) is 0 Å². The largest absolute Gasteiger partial charge is 0.319 e. The maximum absolute atomic E-state index is 13.2. The van der Waals surface area contributed by atoms with Crippen LogP contribution in [0.4, 0.5) is 4.39 Å². The molecule has 0 aromatic heterocycles. The number of Topliss-reactive ketones (excluding diaryl/α,β-unsaturated/α-hetero) is 1. The Labute approximate surface area is 89.5 Å². The standard InChI is InChI=1S/C12H16FNO/c1-9(8-14-2)12(15)7-10-5-3-4-6-11(10)13/h3-6,9,14H,7-8H2,1-2H3. The van der Waals surface area contributed by atoms with Gasteiger partial charge in [0.2, 0.25) is 0 Å². The summed E-state index contributed by atoms with van der Waals surface area (Å²) in [6.07, 6.45) is 0.176. The fourth-order valence-electron chi connectivity index (χ4n) is 1.42. The summed E-state index contributed by atoms with van der Waals surface area (Å²) >= 11 is 0. The van der Waals surface area contributed by atoms with E-state index in [-0.39, 0.29) is 23.9 Å². The molecule has 0 bridgehead atoms. The number of halogens is 1. The van der Waals surface area contributed by atoms with Gasteiger partial charge in [-0.2, -0.15) is 0 Å². The zero-order valence-corrected chi connectivity index (χ0v) is 9.09. The maximum Gasteiger partial charge on any atom is 0.141 e. The van der Waals surface area contributed by atoms with Crippen molar-refractivity contribution >= 4 is 5.78 Å². The van der Waals surface area contributed by atoms with Gasteiger partial charge < -0.3 is 5.32 Å². The first-order chi connectivity index (χ1) is 7.15. The van der Waals surface area contributed by atoms with Crippen LogP contribution in [0.2, 0.25) is 0 Å². The van der Waals surface area contributed by atoms with Gasteiger partial charge in [0.15, 0.2) is 0 Å². The quantitative estimate of drug-likeness (QED) is 0.801. The molecule has 15 heavy (non-hydrogen) atoms. The Hall–Kier alpha value is -1.22. The van der Waals surface area contributed by atoms with Crippen molar-refractivity contribution in [3.05, 3.63) is 35.6 Å². The smallest absolute Gasteiger partial charge is 0.141 e. The van der Waals surface area contributed by atoms with Crippen LogP contribution in [0, 0.1) is 11.7 Å². The Bertz CT molecular complexity index is 338. The van der Waals surface area contributed by atoms with Gasteiger partial charge in [-0.1, -0.05) is 25.1 Å². The maximum atomic E-state index is 13.2. The van der Waals surface area contributed by atoms with Crippen LogP contribution in [-0.2, 0) is 11.2 Å². The monoisotopic (exact) mass is 209 g/mol. The summed E-state index contributed by atoms with van der Waals surface area (Å²) in [6.45, 7) is 2.48. The molecule has 0 heterocycles. The van der Waals surface area contributed by atoms with Crippen LogP contribution in [0.3, 0.4) is 0 Å². The molecule has 1 N–H and O–H groups in total. The van der Waals surface area contributed by atoms with Gasteiger partial charge in [-0.25, -0.2) is 4.39 Å². The highest BCUT2D eigenvalue weighted by atomic mass is 19.1. The van der Waals surface area contributed by atoms with Crippen LogP contribution in [-0.4, -0.2) is 19.4 Å². The van der Waals surface area contributed by atoms with Gasteiger partial charge in [0.1, 0.15) is 11.6 Å². The Balaban J connectivity index is 2.62. The van der Waals surface area contributed by atoms with Gasteiger partial charge in [-0.15, -0.1) is 0 Å². The highest BCUT2D eigenvalue weighted by Gasteiger charge is 2.14. The zero-order chi connectivity index (χ0) is 11.3. The van der Waals surface area contributed by atoms with Crippen molar-refractivity contribution in [1.82, 2.24) is 5.32 Å². The molecular weight excluding hydrogens is 193 g/mol. The van der Waals surface area contributed by atoms with E-state index in [1.807, 2.05) is 6.92 Å². The average Bonchev–Trinajstić information content (AvgIpc) is 2.21. The topological polar surface area (TPSA) is 29.1 Å². The van der Waals surface area contributed by atoms with Crippen molar-refractivity contribution in [1.29, 1.82) is 0 Å². The molecule has 0 saturated carbocycles. The number of hydrogen-bond donors (Lipinski definition) is 1. The van der Waals surface area contributed by atoms with Crippen LogP contribution in [0.15, 0.2) is 24.3 Å². The Kier molecular flexibility index (Phi) is 4.43. The number of benzene rings is 1. The molecule has 0 aliphatic rings. The van der Waals surface area contributed by atoms with E-state index in [1.165, 1.54) is 6.07 Å². The molecule has 1 rings (SSSR count). The fraction of sp³-hybridized carbons (Fsp3) is 0.417. The minimum Gasteiger partial charge on any atom is -0.319 e. The van der Waals surface area contributed by atoms with E-state index < -0.39 is 0 Å². The first-order valence-corrected chi connectivity index (χ1v) is 5.06. The van der Waals surface area contributed by atoms with Crippen LogP contribution in [0.25, 0.3) is 0 Å². The van der Waals surface area contributed by atoms with Gasteiger partial charge in [0, 0.05) is 18.9 Å². The number of hydrogen-bond acceptors (Lipinski definition) is 2. The second kappa shape index (κ2) is 5.61. The summed E-state index contributed by atoms with van der Waals surface area (Å²) in [7, 11) is 1.80. The molecule has 0 amide bonds. The predicted octanol–water partition coefficient (Wildman–Crippen LogP) is 1.79. The highest BCUT2D eigenvalue weighted by molar-refractivity contribution is 5.83. The van der Waals surface area contributed by atoms with E-state index in [9.17, 15) is 9.18 Å².